The van der Waals surface area contributed by atoms with Crippen molar-refractivity contribution in [2.24, 2.45) is 0 Å². The molecule has 0 saturated heterocycles. The second-order valence-electron chi connectivity index (χ2n) is 7.11. The quantitative estimate of drug-likeness (QED) is 0.885. The van der Waals surface area contributed by atoms with Crippen LogP contribution in [0.1, 0.15) is 24.4 Å². The van der Waals surface area contributed by atoms with E-state index in [2.05, 4.69) is 5.32 Å². The van der Waals surface area contributed by atoms with Crippen molar-refractivity contribution in [1.82, 2.24) is 4.90 Å². The smallest absolute Gasteiger partial charge is 0.261 e. The summed E-state index contributed by atoms with van der Waals surface area (Å²) in [5, 5.41) is 2.94. The Morgan fingerprint density at radius 2 is 1.75 bits per heavy atom. The molecule has 2 amide bonds. The molecule has 2 aromatic rings. The Bertz CT molecular complexity index is 940. The number of carbonyl (C=O) groups excluding carboxylic acids is 2. The molecule has 1 saturated carbocycles. The van der Waals surface area contributed by atoms with Crippen LogP contribution in [0, 0.1) is 0 Å². The third kappa shape index (κ3) is 3.02. The molecular formula is C21H20N2O5. The Morgan fingerprint density at radius 1 is 0.964 bits per heavy atom. The van der Waals surface area contributed by atoms with Gasteiger partial charge in [0, 0.05) is 23.4 Å². The molecule has 0 aromatic heterocycles. The molecule has 5 rings (SSSR count). The maximum Gasteiger partial charge on any atom is 0.261 e. The van der Waals surface area contributed by atoms with Gasteiger partial charge in [0.25, 0.3) is 11.8 Å². The Hall–Kier alpha value is -3.22. The van der Waals surface area contributed by atoms with E-state index in [4.69, 9.17) is 14.2 Å². The summed E-state index contributed by atoms with van der Waals surface area (Å²) in [6, 6.07) is 12.0. The van der Waals surface area contributed by atoms with E-state index in [1.54, 1.807) is 29.2 Å². The molecule has 1 N–H and O–H groups in total. The number of para-hydroxylation sites is 1. The molecule has 7 heteroatoms. The van der Waals surface area contributed by atoms with Crippen LogP contribution in [0.2, 0.25) is 0 Å². The van der Waals surface area contributed by atoms with E-state index in [1.807, 2.05) is 18.2 Å². The summed E-state index contributed by atoms with van der Waals surface area (Å²) < 4.78 is 16.8. The van der Waals surface area contributed by atoms with Crippen LogP contribution < -0.4 is 19.5 Å². The highest BCUT2D eigenvalue weighted by Crippen LogP contribution is 2.40. The largest absolute Gasteiger partial charge is 0.486 e. The number of hydrogen-bond donors (Lipinski definition) is 1. The number of nitrogens with one attached hydrogen (secondary N) is 1. The molecule has 2 heterocycles. The first-order chi connectivity index (χ1) is 13.7. The molecule has 2 aliphatic heterocycles. The fraction of sp³-hybridized carbons (Fsp3) is 0.333. The van der Waals surface area contributed by atoms with Crippen LogP contribution in [0.4, 0.5) is 5.69 Å². The molecular weight excluding hydrogens is 360 g/mol. The van der Waals surface area contributed by atoms with Crippen LogP contribution >= 0.6 is 0 Å². The lowest BCUT2D eigenvalue weighted by Gasteiger charge is -2.29. The number of ether oxygens (including phenoxy) is 3. The van der Waals surface area contributed by atoms with E-state index in [1.165, 1.54) is 0 Å². The van der Waals surface area contributed by atoms with Crippen LogP contribution in [0.15, 0.2) is 42.5 Å². The normalized spacial score (nSPS) is 20.6. The highest BCUT2D eigenvalue weighted by atomic mass is 16.6. The van der Waals surface area contributed by atoms with E-state index in [-0.39, 0.29) is 24.5 Å². The Morgan fingerprint density at radius 3 is 2.57 bits per heavy atom. The molecule has 7 nitrogen and oxygen atoms in total. The molecule has 1 atom stereocenters. The Labute approximate surface area is 162 Å². The molecule has 1 unspecified atom stereocenters. The molecule has 3 aliphatic rings. The van der Waals surface area contributed by atoms with Crippen molar-refractivity contribution in [3.05, 3.63) is 48.0 Å². The fourth-order valence-electron chi connectivity index (χ4n) is 3.71. The van der Waals surface area contributed by atoms with Gasteiger partial charge < -0.3 is 24.4 Å². The van der Waals surface area contributed by atoms with Crippen LogP contribution in [-0.2, 0) is 9.59 Å². The average molecular weight is 380 g/mol. The Balaban J connectivity index is 1.48. The zero-order valence-electron chi connectivity index (χ0n) is 15.2. The number of benzene rings is 2. The van der Waals surface area contributed by atoms with Gasteiger partial charge in [0.05, 0.1) is 0 Å². The molecule has 0 radical (unpaired) electrons. The van der Waals surface area contributed by atoms with Crippen molar-refractivity contribution in [3.8, 4) is 17.2 Å². The van der Waals surface area contributed by atoms with Crippen LogP contribution in [-0.4, -0.2) is 42.6 Å². The van der Waals surface area contributed by atoms with Gasteiger partial charge in [-0.1, -0.05) is 18.2 Å². The summed E-state index contributed by atoms with van der Waals surface area (Å²) in [5.74, 6) is 1.40. The van der Waals surface area contributed by atoms with E-state index < -0.39 is 6.04 Å². The van der Waals surface area contributed by atoms with Crippen molar-refractivity contribution >= 4 is 17.5 Å². The lowest BCUT2D eigenvalue weighted by molar-refractivity contribution is -0.140. The fourth-order valence-corrected chi connectivity index (χ4v) is 3.71. The van der Waals surface area contributed by atoms with Gasteiger partial charge in [-0.15, -0.1) is 0 Å². The van der Waals surface area contributed by atoms with E-state index in [9.17, 15) is 9.59 Å². The first kappa shape index (κ1) is 16.9. The SMILES string of the molecule is O=C(Nc1ccc2c(c1)OCCO2)C1c2ccccc2OCC(=O)N1C1CC1. The number of amides is 2. The van der Waals surface area contributed by atoms with Crippen molar-refractivity contribution < 1.29 is 23.8 Å². The number of nitrogens with zero attached hydrogens (tertiary/aromatic N) is 1. The predicted molar refractivity (Wildman–Crippen MR) is 101 cm³/mol. The minimum atomic E-state index is -0.730. The lowest BCUT2D eigenvalue weighted by Crippen LogP contribution is -2.43. The molecule has 1 aliphatic carbocycles. The first-order valence-electron chi connectivity index (χ1n) is 9.44. The summed E-state index contributed by atoms with van der Waals surface area (Å²) in [6.07, 6.45) is 1.81. The predicted octanol–water partition coefficient (Wildman–Crippen LogP) is 2.52. The number of anilines is 1. The second-order valence-corrected chi connectivity index (χ2v) is 7.11. The Kier molecular flexibility index (Phi) is 4.07. The summed E-state index contributed by atoms with van der Waals surface area (Å²) in [7, 11) is 0. The molecule has 2 aromatic carbocycles. The topological polar surface area (TPSA) is 77.1 Å². The van der Waals surface area contributed by atoms with E-state index in [0.29, 0.717) is 41.7 Å². The van der Waals surface area contributed by atoms with Gasteiger partial charge >= 0.3 is 0 Å². The molecule has 1 fully saturated rings. The summed E-state index contributed by atoms with van der Waals surface area (Å²) >= 11 is 0. The van der Waals surface area contributed by atoms with Gasteiger partial charge in [-0.05, 0) is 31.0 Å². The monoisotopic (exact) mass is 380 g/mol. The van der Waals surface area contributed by atoms with Crippen molar-refractivity contribution in [1.29, 1.82) is 0 Å². The highest BCUT2D eigenvalue weighted by molar-refractivity contribution is 5.99. The maximum absolute atomic E-state index is 13.3. The number of carbonyl (C=O) groups is 2. The van der Waals surface area contributed by atoms with Crippen molar-refractivity contribution in [2.45, 2.75) is 24.9 Å². The lowest BCUT2D eigenvalue weighted by atomic mass is 10.0. The first-order valence-corrected chi connectivity index (χ1v) is 9.44. The zero-order valence-corrected chi connectivity index (χ0v) is 15.2. The standard InChI is InChI=1S/C21H20N2O5/c24-19-12-28-16-4-2-1-3-15(16)20(23(19)14-6-7-14)21(25)22-13-5-8-17-18(11-13)27-10-9-26-17/h1-5,8,11,14,20H,6-7,9-10,12H2,(H,22,25). The summed E-state index contributed by atoms with van der Waals surface area (Å²) in [5.41, 5.74) is 1.30. The third-order valence-corrected chi connectivity index (χ3v) is 5.13. The maximum atomic E-state index is 13.3. The molecule has 0 bridgehead atoms. The van der Waals surface area contributed by atoms with Crippen molar-refractivity contribution in [3.63, 3.8) is 0 Å². The average Bonchev–Trinajstić information content (AvgIpc) is 3.55. The number of hydrogen-bond acceptors (Lipinski definition) is 5. The van der Waals surface area contributed by atoms with Crippen LogP contribution in [0.5, 0.6) is 17.2 Å². The van der Waals surface area contributed by atoms with Crippen LogP contribution in [0.25, 0.3) is 0 Å². The van der Waals surface area contributed by atoms with Crippen molar-refractivity contribution in [2.75, 3.05) is 25.1 Å². The van der Waals surface area contributed by atoms with Gasteiger partial charge in [0.1, 0.15) is 25.0 Å². The van der Waals surface area contributed by atoms with Gasteiger partial charge in [-0.25, -0.2) is 0 Å². The second kappa shape index (κ2) is 6.74. The number of rotatable bonds is 3. The van der Waals surface area contributed by atoms with E-state index in [0.717, 1.165) is 12.8 Å². The number of fused-ring (bicyclic) bond motifs is 2. The van der Waals surface area contributed by atoms with E-state index >= 15 is 0 Å². The zero-order chi connectivity index (χ0) is 19.1. The minimum Gasteiger partial charge on any atom is -0.486 e. The third-order valence-electron chi connectivity index (χ3n) is 5.13. The molecule has 144 valence electrons. The molecule has 0 spiro atoms. The van der Waals surface area contributed by atoms with Gasteiger partial charge in [0.2, 0.25) is 0 Å². The molecule has 28 heavy (non-hydrogen) atoms. The summed E-state index contributed by atoms with van der Waals surface area (Å²) in [4.78, 5) is 27.7. The minimum absolute atomic E-state index is 0.0542. The highest BCUT2D eigenvalue weighted by Gasteiger charge is 2.44. The summed E-state index contributed by atoms with van der Waals surface area (Å²) in [6.45, 7) is 0.930. The van der Waals surface area contributed by atoms with Gasteiger partial charge in [0.15, 0.2) is 18.1 Å². The van der Waals surface area contributed by atoms with Gasteiger partial charge in [-0.3, -0.25) is 9.59 Å². The van der Waals surface area contributed by atoms with Gasteiger partial charge in [-0.2, -0.15) is 0 Å². The van der Waals surface area contributed by atoms with Crippen LogP contribution in [0.3, 0.4) is 0 Å².